The van der Waals surface area contributed by atoms with Gasteiger partial charge in [0.15, 0.2) is 0 Å². The molecule has 1 saturated heterocycles. The van der Waals surface area contributed by atoms with E-state index in [0.29, 0.717) is 19.1 Å². The third kappa shape index (κ3) is 5.04. The zero-order chi connectivity index (χ0) is 15.2. The molecule has 1 fully saturated rings. The molecule has 3 unspecified atom stereocenters. The van der Waals surface area contributed by atoms with Gasteiger partial charge in [0.25, 0.3) is 0 Å². The first-order valence-corrected chi connectivity index (χ1v) is 7.72. The maximum Gasteiger partial charge on any atom is 0.325 e. The van der Waals surface area contributed by atoms with E-state index in [1.807, 2.05) is 0 Å². The van der Waals surface area contributed by atoms with Gasteiger partial charge >= 0.3 is 5.97 Å². The molecule has 118 valence electrons. The molecule has 0 spiro atoms. The first kappa shape index (κ1) is 17.4. The van der Waals surface area contributed by atoms with Crippen molar-refractivity contribution in [2.75, 3.05) is 26.3 Å². The van der Waals surface area contributed by atoms with Gasteiger partial charge in [0, 0.05) is 12.6 Å². The van der Waals surface area contributed by atoms with Gasteiger partial charge in [-0.15, -0.1) is 0 Å². The predicted molar refractivity (Wildman–Crippen MR) is 79.5 cm³/mol. The second kappa shape index (κ2) is 7.96. The van der Waals surface area contributed by atoms with Gasteiger partial charge in [-0.1, -0.05) is 6.92 Å². The fourth-order valence-corrected chi connectivity index (χ4v) is 2.61. The lowest BCUT2D eigenvalue weighted by molar-refractivity contribution is -0.149. The molecular weight excluding hydrogens is 256 g/mol. The van der Waals surface area contributed by atoms with Crippen LogP contribution >= 0.6 is 0 Å². The van der Waals surface area contributed by atoms with Crippen LogP contribution in [-0.4, -0.2) is 54.9 Å². The van der Waals surface area contributed by atoms with Gasteiger partial charge in [-0.2, -0.15) is 0 Å². The minimum Gasteiger partial charge on any atom is -0.465 e. The Hall–Kier alpha value is -0.650. The van der Waals surface area contributed by atoms with Crippen LogP contribution in [0.2, 0.25) is 0 Å². The van der Waals surface area contributed by atoms with Crippen molar-refractivity contribution in [3.05, 3.63) is 0 Å². The Kier molecular flexibility index (Phi) is 6.92. The van der Waals surface area contributed by atoms with Crippen molar-refractivity contribution in [1.29, 1.82) is 0 Å². The molecule has 1 aliphatic heterocycles. The van der Waals surface area contributed by atoms with E-state index < -0.39 is 5.54 Å². The first-order valence-electron chi connectivity index (χ1n) is 7.72. The zero-order valence-electron chi connectivity index (χ0n) is 13.4. The molecule has 1 rings (SSSR count). The molecule has 0 saturated carbocycles. The summed E-state index contributed by atoms with van der Waals surface area (Å²) in [6.45, 7) is 10.9. The number of hydrogen-bond donors (Lipinski definition) is 1. The van der Waals surface area contributed by atoms with Crippen LogP contribution < -0.4 is 5.73 Å². The largest absolute Gasteiger partial charge is 0.465 e. The average molecular weight is 286 g/mol. The number of rotatable bonds is 7. The summed E-state index contributed by atoms with van der Waals surface area (Å²) in [5.74, 6) is -0.303. The van der Waals surface area contributed by atoms with Gasteiger partial charge < -0.3 is 15.2 Å². The lowest BCUT2D eigenvalue weighted by atomic mass is 9.97. The van der Waals surface area contributed by atoms with Crippen molar-refractivity contribution in [2.24, 2.45) is 5.73 Å². The molecular formula is C15H30N2O3. The van der Waals surface area contributed by atoms with Gasteiger partial charge in [0.05, 0.1) is 19.3 Å². The number of esters is 1. The molecule has 2 N–H and O–H groups in total. The summed E-state index contributed by atoms with van der Waals surface area (Å²) in [7, 11) is 0. The van der Waals surface area contributed by atoms with E-state index in [1.54, 1.807) is 13.8 Å². The first-order chi connectivity index (χ1) is 9.40. The van der Waals surface area contributed by atoms with Crippen LogP contribution in [0.15, 0.2) is 0 Å². The number of nitrogens with two attached hydrogens (primary N) is 1. The molecule has 0 aromatic heterocycles. The summed E-state index contributed by atoms with van der Waals surface area (Å²) in [6.07, 6.45) is 2.92. The van der Waals surface area contributed by atoms with Gasteiger partial charge in [-0.25, -0.2) is 0 Å². The summed E-state index contributed by atoms with van der Waals surface area (Å²) in [5, 5.41) is 0. The summed E-state index contributed by atoms with van der Waals surface area (Å²) >= 11 is 0. The van der Waals surface area contributed by atoms with Crippen LogP contribution in [0.3, 0.4) is 0 Å². The Morgan fingerprint density at radius 1 is 1.50 bits per heavy atom. The van der Waals surface area contributed by atoms with Crippen LogP contribution in [-0.2, 0) is 14.3 Å². The molecule has 0 aliphatic carbocycles. The molecule has 0 radical (unpaired) electrons. The standard InChI is InChI=1S/C15H30N2O3/c1-5-13-11-20-12(3)10-17(13)9-7-8-15(4,16)14(18)19-6-2/h12-13H,5-11,16H2,1-4H3. The highest BCUT2D eigenvalue weighted by Gasteiger charge is 2.31. The highest BCUT2D eigenvalue weighted by atomic mass is 16.5. The smallest absolute Gasteiger partial charge is 0.325 e. The highest BCUT2D eigenvalue weighted by molar-refractivity contribution is 5.79. The van der Waals surface area contributed by atoms with E-state index in [-0.39, 0.29) is 12.1 Å². The van der Waals surface area contributed by atoms with E-state index in [9.17, 15) is 4.79 Å². The number of morpholine rings is 1. The van der Waals surface area contributed by atoms with E-state index in [2.05, 4.69) is 18.7 Å². The lowest BCUT2D eigenvalue weighted by Gasteiger charge is -2.38. The number of carbonyl (C=O) groups is 1. The second-order valence-corrected chi connectivity index (χ2v) is 5.94. The van der Waals surface area contributed by atoms with Crippen LogP contribution in [0.4, 0.5) is 0 Å². The number of carbonyl (C=O) groups excluding carboxylic acids is 1. The van der Waals surface area contributed by atoms with E-state index in [4.69, 9.17) is 15.2 Å². The fraction of sp³-hybridized carbons (Fsp3) is 0.933. The molecule has 5 heteroatoms. The normalized spacial score (nSPS) is 27.1. The molecule has 3 atom stereocenters. The molecule has 1 aliphatic rings. The number of hydrogen-bond acceptors (Lipinski definition) is 5. The summed E-state index contributed by atoms with van der Waals surface area (Å²) < 4.78 is 10.7. The van der Waals surface area contributed by atoms with Crippen LogP contribution in [0.5, 0.6) is 0 Å². The molecule has 0 aromatic carbocycles. The van der Waals surface area contributed by atoms with Crippen LogP contribution in [0.1, 0.15) is 47.0 Å². The summed E-state index contributed by atoms with van der Waals surface area (Å²) in [6, 6.07) is 0.484. The third-order valence-corrected chi connectivity index (χ3v) is 3.94. The van der Waals surface area contributed by atoms with Crippen molar-refractivity contribution in [3.8, 4) is 0 Å². The Morgan fingerprint density at radius 3 is 2.80 bits per heavy atom. The molecule has 1 heterocycles. The van der Waals surface area contributed by atoms with Crippen molar-refractivity contribution >= 4 is 5.97 Å². The van der Waals surface area contributed by atoms with Crippen molar-refractivity contribution < 1.29 is 14.3 Å². The molecule has 20 heavy (non-hydrogen) atoms. The molecule has 0 aromatic rings. The van der Waals surface area contributed by atoms with Gasteiger partial charge in [-0.3, -0.25) is 9.69 Å². The Morgan fingerprint density at radius 2 is 2.20 bits per heavy atom. The summed E-state index contributed by atoms with van der Waals surface area (Å²) in [5.41, 5.74) is 5.16. The van der Waals surface area contributed by atoms with E-state index in [1.165, 1.54) is 0 Å². The number of ether oxygens (including phenoxy) is 2. The second-order valence-electron chi connectivity index (χ2n) is 5.94. The molecule has 0 bridgehead atoms. The van der Waals surface area contributed by atoms with Crippen molar-refractivity contribution in [1.82, 2.24) is 4.90 Å². The Labute approximate surface area is 122 Å². The topological polar surface area (TPSA) is 64.8 Å². The monoisotopic (exact) mass is 286 g/mol. The highest BCUT2D eigenvalue weighted by Crippen LogP contribution is 2.17. The molecule has 0 amide bonds. The maximum atomic E-state index is 11.7. The quantitative estimate of drug-likeness (QED) is 0.719. The van der Waals surface area contributed by atoms with Gasteiger partial charge in [-0.05, 0) is 46.6 Å². The van der Waals surface area contributed by atoms with Crippen molar-refractivity contribution in [2.45, 2.75) is 64.6 Å². The Balaban J connectivity index is 2.39. The fourth-order valence-electron chi connectivity index (χ4n) is 2.61. The minimum absolute atomic E-state index is 0.284. The predicted octanol–water partition coefficient (Wildman–Crippen LogP) is 1.55. The van der Waals surface area contributed by atoms with Crippen LogP contribution in [0.25, 0.3) is 0 Å². The van der Waals surface area contributed by atoms with Gasteiger partial charge in [0.1, 0.15) is 5.54 Å². The van der Waals surface area contributed by atoms with Crippen LogP contribution in [0, 0.1) is 0 Å². The Bertz CT molecular complexity index is 307. The maximum absolute atomic E-state index is 11.7. The SMILES string of the molecule is CCOC(=O)C(C)(N)CCCN1CC(C)OCC1CC. The third-order valence-electron chi connectivity index (χ3n) is 3.94. The van der Waals surface area contributed by atoms with Crippen molar-refractivity contribution in [3.63, 3.8) is 0 Å². The minimum atomic E-state index is -0.879. The summed E-state index contributed by atoms with van der Waals surface area (Å²) in [4.78, 5) is 14.2. The van der Waals surface area contributed by atoms with E-state index >= 15 is 0 Å². The number of nitrogens with zero attached hydrogens (tertiary/aromatic N) is 1. The molecule has 5 nitrogen and oxygen atoms in total. The lowest BCUT2D eigenvalue weighted by Crippen LogP contribution is -2.50. The average Bonchev–Trinajstić information content (AvgIpc) is 2.39. The zero-order valence-corrected chi connectivity index (χ0v) is 13.4. The van der Waals surface area contributed by atoms with Gasteiger partial charge in [0.2, 0.25) is 0 Å². The van der Waals surface area contributed by atoms with E-state index in [0.717, 1.165) is 32.5 Å².